The molecule has 0 aliphatic rings. The maximum absolute atomic E-state index is 10.8. The van der Waals surface area contributed by atoms with E-state index in [1.165, 1.54) is 0 Å². The highest BCUT2D eigenvalue weighted by Crippen LogP contribution is 2.17. The SMILES string of the molecule is CCCC(NCc1occc1Br)C(=O)O. The Hall–Kier alpha value is -0.810. The van der Waals surface area contributed by atoms with Crippen LogP contribution in [0.3, 0.4) is 0 Å². The number of carboxylic acid groups (broad SMARTS) is 1. The minimum Gasteiger partial charge on any atom is -0.480 e. The summed E-state index contributed by atoms with van der Waals surface area (Å²) in [5, 5.41) is 11.8. The normalized spacial score (nSPS) is 12.7. The zero-order valence-electron chi connectivity index (χ0n) is 8.50. The first-order chi connectivity index (χ1) is 7.15. The summed E-state index contributed by atoms with van der Waals surface area (Å²) in [7, 11) is 0. The van der Waals surface area contributed by atoms with Crippen molar-refractivity contribution in [3.63, 3.8) is 0 Å². The lowest BCUT2D eigenvalue weighted by molar-refractivity contribution is -0.139. The highest BCUT2D eigenvalue weighted by atomic mass is 79.9. The number of carboxylic acids is 1. The Morgan fingerprint density at radius 1 is 1.73 bits per heavy atom. The Morgan fingerprint density at radius 3 is 2.93 bits per heavy atom. The van der Waals surface area contributed by atoms with Crippen molar-refractivity contribution in [3.8, 4) is 0 Å². The van der Waals surface area contributed by atoms with Gasteiger partial charge < -0.3 is 9.52 Å². The molecule has 2 N–H and O–H groups in total. The van der Waals surface area contributed by atoms with Crippen molar-refractivity contribution in [1.29, 1.82) is 0 Å². The molecule has 0 aliphatic carbocycles. The van der Waals surface area contributed by atoms with Crippen LogP contribution in [0, 0.1) is 0 Å². The Labute approximate surface area is 96.8 Å². The fourth-order valence-corrected chi connectivity index (χ4v) is 1.61. The smallest absolute Gasteiger partial charge is 0.320 e. The summed E-state index contributed by atoms with van der Waals surface area (Å²) in [5.41, 5.74) is 0. The summed E-state index contributed by atoms with van der Waals surface area (Å²) in [6.45, 7) is 2.38. The molecule has 0 bridgehead atoms. The molecule has 1 atom stereocenters. The van der Waals surface area contributed by atoms with E-state index in [2.05, 4.69) is 21.2 Å². The maximum atomic E-state index is 10.8. The second-order valence-corrected chi connectivity index (χ2v) is 4.11. The van der Waals surface area contributed by atoms with Crippen LogP contribution in [0.2, 0.25) is 0 Å². The van der Waals surface area contributed by atoms with Gasteiger partial charge in [-0.05, 0) is 28.4 Å². The molecule has 5 heteroatoms. The van der Waals surface area contributed by atoms with E-state index in [0.29, 0.717) is 13.0 Å². The van der Waals surface area contributed by atoms with Crippen molar-refractivity contribution in [3.05, 3.63) is 22.6 Å². The minimum absolute atomic E-state index is 0.421. The highest BCUT2D eigenvalue weighted by molar-refractivity contribution is 9.10. The van der Waals surface area contributed by atoms with Gasteiger partial charge in [-0.2, -0.15) is 0 Å². The first-order valence-corrected chi connectivity index (χ1v) is 5.62. The Morgan fingerprint density at radius 2 is 2.47 bits per heavy atom. The predicted molar refractivity (Wildman–Crippen MR) is 59.6 cm³/mol. The summed E-state index contributed by atoms with van der Waals surface area (Å²) in [4.78, 5) is 10.8. The van der Waals surface area contributed by atoms with Crippen LogP contribution in [-0.2, 0) is 11.3 Å². The van der Waals surface area contributed by atoms with Crippen molar-refractivity contribution in [2.45, 2.75) is 32.4 Å². The average molecular weight is 276 g/mol. The lowest BCUT2D eigenvalue weighted by Crippen LogP contribution is -2.35. The largest absolute Gasteiger partial charge is 0.480 e. The number of hydrogen-bond donors (Lipinski definition) is 2. The van der Waals surface area contributed by atoms with E-state index in [0.717, 1.165) is 16.7 Å². The zero-order chi connectivity index (χ0) is 11.3. The third-order valence-corrected chi connectivity index (χ3v) is 2.78. The second-order valence-electron chi connectivity index (χ2n) is 3.25. The van der Waals surface area contributed by atoms with E-state index >= 15 is 0 Å². The van der Waals surface area contributed by atoms with Gasteiger partial charge in [0, 0.05) is 0 Å². The molecule has 0 saturated carbocycles. The second kappa shape index (κ2) is 5.92. The van der Waals surface area contributed by atoms with Gasteiger partial charge in [-0.15, -0.1) is 0 Å². The third-order valence-electron chi connectivity index (χ3n) is 2.08. The molecule has 1 aromatic heterocycles. The number of halogens is 1. The average Bonchev–Trinajstić information content (AvgIpc) is 2.58. The molecular weight excluding hydrogens is 262 g/mol. The van der Waals surface area contributed by atoms with Crippen molar-refractivity contribution in [2.24, 2.45) is 0 Å². The monoisotopic (exact) mass is 275 g/mol. The lowest BCUT2D eigenvalue weighted by Gasteiger charge is -2.12. The quantitative estimate of drug-likeness (QED) is 0.837. The molecule has 0 aliphatic heterocycles. The molecule has 15 heavy (non-hydrogen) atoms. The summed E-state index contributed by atoms with van der Waals surface area (Å²) in [6, 6.07) is 1.28. The van der Waals surface area contributed by atoms with Gasteiger partial charge in [0.1, 0.15) is 11.8 Å². The van der Waals surface area contributed by atoms with E-state index in [1.54, 1.807) is 12.3 Å². The molecule has 0 radical (unpaired) electrons. The molecule has 0 spiro atoms. The number of hydrogen-bond acceptors (Lipinski definition) is 3. The molecule has 84 valence electrons. The number of carbonyl (C=O) groups is 1. The van der Waals surface area contributed by atoms with E-state index in [1.807, 2.05) is 6.92 Å². The van der Waals surface area contributed by atoms with E-state index in [9.17, 15) is 4.79 Å². The minimum atomic E-state index is -0.820. The number of aliphatic carboxylic acids is 1. The summed E-state index contributed by atoms with van der Waals surface area (Å²) >= 11 is 3.31. The zero-order valence-corrected chi connectivity index (χ0v) is 10.1. The molecule has 1 rings (SSSR count). The molecule has 0 aromatic carbocycles. The van der Waals surface area contributed by atoms with Crippen molar-refractivity contribution in [2.75, 3.05) is 0 Å². The molecule has 4 nitrogen and oxygen atoms in total. The number of furan rings is 1. The molecule has 0 fully saturated rings. The van der Waals surface area contributed by atoms with E-state index in [-0.39, 0.29) is 0 Å². The number of rotatable bonds is 6. The van der Waals surface area contributed by atoms with Gasteiger partial charge in [0.05, 0.1) is 17.3 Å². The fraction of sp³-hybridized carbons (Fsp3) is 0.500. The van der Waals surface area contributed by atoms with E-state index < -0.39 is 12.0 Å². The van der Waals surface area contributed by atoms with Crippen LogP contribution >= 0.6 is 15.9 Å². The molecular formula is C10H14BrNO3. The van der Waals surface area contributed by atoms with Gasteiger partial charge in [-0.1, -0.05) is 13.3 Å². The highest BCUT2D eigenvalue weighted by Gasteiger charge is 2.16. The Bertz CT molecular complexity index is 324. The fourth-order valence-electron chi connectivity index (χ4n) is 1.27. The maximum Gasteiger partial charge on any atom is 0.320 e. The molecule has 1 aromatic rings. The van der Waals surface area contributed by atoms with Crippen molar-refractivity contribution < 1.29 is 14.3 Å². The molecule has 0 saturated heterocycles. The molecule has 0 amide bonds. The molecule has 1 unspecified atom stereocenters. The summed E-state index contributed by atoms with van der Waals surface area (Å²) in [6.07, 6.45) is 3.02. The summed E-state index contributed by atoms with van der Waals surface area (Å²) < 4.78 is 6.03. The van der Waals surface area contributed by atoms with Crippen LogP contribution in [0.4, 0.5) is 0 Å². The van der Waals surface area contributed by atoms with Gasteiger partial charge in [-0.25, -0.2) is 0 Å². The van der Waals surface area contributed by atoms with Crippen molar-refractivity contribution in [1.82, 2.24) is 5.32 Å². The first-order valence-electron chi connectivity index (χ1n) is 4.83. The van der Waals surface area contributed by atoms with Crippen LogP contribution in [0.1, 0.15) is 25.5 Å². The predicted octanol–water partition coefficient (Wildman–Crippen LogP) is 2.38. The summed E-state index contributed by atoms with van der Waals surface area (Å²) in [5.74, 6) is -0.100. The lowest BCUT2D eigenvalue weighted by atomic mass is 10.1. The van der Waals surface area contributed by atoms with Gasteiger partial charge in [0.2, 0.25) is 0 Å². The standard InChI is InChI=1S/C10H14BrNO3/c1-2-3-8(10(13)14)12-6-9-7(11)4-5-15-9/h4-5,8,12H,2-3,6H2,1H3,(H,13,14). The van der Waals surface area contributed by atoms with Gasteiger partial charge in [0.15, 0.2) is 0 Å². The van der Waals surface area contributed by atoms with Gasteiger partial charge >= 0.3 is 5.97 Å². The van der Waals surface area contributed by atoms with Crippen LogP contribution in [-0.4, -0.2) is 17.1 Å². The Balaban J connectivity index is 2.47. The first kappa shape index (κ1) is 12.3. The Kier molecular flexibility index (Phi) is 4.84. The van der Waals surface area contributed by atoms with Crippen LogP contribution in [0.25, 0.3) is 0 Å². The number of nitrogens with one attached hydrogen (secondary N) is 1. The van der Waals surface area contributed by atoms with Crippen LogP contribution < -0.4 is 5.32 Å². The van der Waals surface area contributed by atoms with Crippen LogP contribution in [0.15, 0.2) is 21.2 Å². The topological polar surface area (TPSA) is 62.5 Å². The van der Waals surface area contributed by atoms with E-state index in [4.69, 9.17) is 9.52 Å². The van der Waals surface area contributed by atoms with Crippen LogP contribution in [0.5, 0.6) is 0 Å². The third kappa shape index (κ3) is 3.68. The van der Waals surface area contributed by atoms with Gasteiger partial charge in [-0.3, -0.25) is 10.1 Å². The molecule has 1 heterocycles. The van der Waals surface area contributed by atoms with Gasteiger partial charge in [0.25, 0.3) is 0 Å². The van der Waals surface area contributed by atoms with Crippen molar-refractivity contribution >= 4 is 21.9 Å².